The second kappa shape index (κ2) is 5.76. The molecule has 0 radical (unpaired) electrons. The van der Waals surface area contributed by atoms with Gasteiger partial charge in [-0.3, -0.25) is 14.3 Å². The lowest BCUT2D eigenvalue weighted by Crippen LogP contribution is -2.37. The molecule has 102 valence electrons. The number of aromatic nitrogens is 2. The van der Waals surface area contributed by atoms with Gasteiger partial charge in [0.15, 0.2) is 0 Å². The summed E-state index contributed by atoms with van der Waals surface area (Å²) in [7, 11) is 0. The minimum Gasteiger partial charge on any atom is -0.297 e. The smallest absolute Gasteiger partial charge is 0.297 e. The van der Waals surface area contributed by atoms with Crippen molar-refractivity contribution in [1.29, 1.82) is 5.26 Å². The van der Waals surface area contributed by atoms with Crippen molar-refractivity contribution in [2.24, 2.45) is 0 Å². The van der Waals surface area contributed by atoms with Crippen LogP contribution in [0.15, 0.2) is 33.9 Å². The number of hydrogen-bond donors (Lipinski definition) is 1. The number of H-pyrrole nitrogens is 1. The Morgan fingerprint density at radius 3 is 2.50 bits per heavy atom. The van der Waals surface area contributed by atoms with Crippen molar-refractivity contribution in [3.05, 3.63) is 66.9 Å². The molecular formula is C14H12ClN3O2. The summed E-state index contributed by atoms with van der Waals surface area (Å²) in [6, 6.07) is 8.73. The molecule has 2 aromatic rings. The molecule has 0 unspecified atom stereocenters. The van der Waals surface area contributed by atoms with Crippen molar-refractivity contribution in [2.75, 3.05) is 0 Å². The lowest BCUT2D eigenvalue weighted by atomic mass is 10.1. The van der Waals surface area contributed by atoms with Crippen molar-refractivity contribution in [3.63, 3.8) is 0 Å². The van der Waals surface area contributed by atoms with E-state index in [4.69, 9.17) is 16.9 Å². The van der Waals surface area contributed by atoms with Gasteiger partial charge >= 0.3 is 5.69 Å². The third-order valence-corrected chi connectivity index (χ3v) is 3.33. The summed E-state index contributed by atoms with van der Waals surface area (Å²) < 4.78 is 1.10. The van der Waals surface area contributed by atoms with Gasteiger partial charge in [-0.05, 0) is 24.1 Å². The Hall–Kier alpha value is -2.32. The van der Waals surface area contributed by atoms with Gasteiger partial charge in [-0.2, -0.15) is 5.26 Å². The number of nitrogens with zero attached hydrogens (tertiary/aromatic N) is 2. The summed E-state index contributed by atoms with van der Waals surface area (Å²) in [5, 5.41) is 8.83. The molecule has 0 atom stereocenters. The lowest BCUT2D eigenvalue weighted by molar-refractivity contribution is 0.686. The number of nitrogens with one attached hydrogen (secondary N) is 1. The molecule has 0 fully saturated rings. The van der Waals surface area contributed by atoms with Crippen molar-refractivity contribution in [3.8, 4) is 6.07 Å². The van der Waals surface area contributed by atoms with Crippen LogP contribution in [-0.2, 0) is 13.0 Å². The van der Waals surface area contributed by atoms with Crippen LogP contribution in [0.3, 0.4) is 0 Å². The first kappa shape index (κ1) is 14.1. The molecule has 1 N–H and O–H groups in total. The predicted molar refractivity (Wildman–Crippen MR) is 76.0 cm³/mol. The first-order chi connectivity index (χ1) is 9.56. The van der Waals surface area contributed by atoms with Crippen molar-refractivity contribution >= 4 is 11.6 Å². The Bertz CT molecular complexity index is 782. The number of hydrogen-bond acceptors (Lipinski definition) is 3. The Morgan fingerprint density at radius 2 is 1.95 bits per heavy atom. The summed E-state index contributed by atoms with van der Waals surface area (Å²) in [5.74, 6) is 0. The van der Waals surface area contributed by atoms with Crippen LogP contribution in [0.4, 0.5) is 0 Å². The Kier molecular flexibility index (Phi) is 4.06. The fourth-order valence-electron chi connectivity index (χ4n) is 1.90. The van der Waals surface area contributed by atoms with Crippen molar-refractivity contribution < 1.29 is 0 Å². The Morgan fingerprint density at radius 1 is 1.30 bits per heavy atom. The minimum atomic E-state index is -0.540. The highest BCUT2D eigenvalue weighted by atomic mass is 35.5. The molecule has 2 rings (SSSR count). The summed E-state index contributed by atoms with van der Waals surface area (Å²) in [4.78, 5) is 26.5. The van der Waals surface area contributed by atoms with E-state index in [1.54, 1.807) is 31.2 Å². The van der Waals surface area contributed by atoms with Crippen LogP contribution >= 0.6 is 11.6 Å². The molecule has 0 amide bonds. The van der Waals surface area contributed by atoms with Crippen molar-refractivity contribution in [1.82, 2.24) is 9.55 Å². The molecule has 1 heterocycles. The van der Waals surface area contributed by atoms with Gasteiger partial charge in [0.25, 0.3) is 5.56 Å². The highest BCUT2D eigenvalue weighted by Crippen LogP contribution is 2.07. The van der Waals surface area contributed by atoms with E-state index >= 15 is 0 Å². The highest BCUT2D eigenvalue weighted by molar-refractivity contribution is 6.30. The van der Waals surface area contributed by atoms with Crippen LogP contribution < -0.4 is 11.2 Å². The zero-order valence-corrected chi connectivity index (χ0v) is 11.6. The van der Waals surface area contributed by atoms with Crippen LogP contribution in [0.25, 0.3) is 0 Å². The molecule has 0 spiro atoms. The normalized spacial score (nSPS) is 10.2. The van der Waals surface area contributed by atoms with E-state index in [9.17, 15) is 9.59 Å². The highest BCUT2D eigenvalue weighted by Gasteiger charge is 2.11. The molecule has 1 aromatic heterocycles. The second-order valence-corrected chi connectivity index (χ2v) is 4.65. The van der Waals surface area contributed by atoms with Crippen LogP contribution in [-0.4, -0.2) is 9.55 Å². The third kappa shape index (κ3) is 2.65. The number of nitriles is 1. The van der Waals surface area contributed by atoms with Crippen LogP contribution in [0, 0.1) is 11.3 Å². The predicted octanol–water partition coefficient (Wildman–Crippen LogP) is 1.67. The standard InChI is InChI=1S/C14H12ClN3O2/c1-2-11-12(15)17-14(20)18(13(11)19)8-10-5-3-9(7-16)4-6-10/h3-6H,2,8H2,1H3,(H,17,20). The van der Waals surface area contributed by atoms with Crippen molar-refractivity contribution in [2.45, 2.75) is 19.9 Å². The van der Waals surface area contributed by atoms with E-state index in [0.29, 0.717) is 17.5 Å². The number of benzene rings is 1. The van der Waals surface area contributed by atoms with E-state index < -0.39 is 5.69 Å². The van der Waals surface area contributed by atoms with Crippen LogP contribution in [0.1, 0.15) is 23.6 Å². The molecule has 0 bridgehead atoms. The summed E-state index contributed by atoms with van der Waals surface area (Å²) in [5.41, 5.74) is 0.758. The summed E-state index contributed by atoms with van der Waals surface area (Å²) >= 11 is 5.84. The van der Waals surface area contributed by atoms with Gasteiger partial charge in [0.05, 0.1) is 23.7 Å². The average molecular weight is 290 g/mol. The van der Waals surface area contributed by atoms with Gasteiger partial charge in [0.1, 0.15) is 5.15 Å². The maximum atomic E-state index is 12.2. The van der Waals surface area contributed by atoms with Crippen LogP contribution in [0.5, 0.6) is 0 Å². The lowest BCUT2D eigenvalue weighted by Gasteiger charge is -2.08. The van der Waals surface area contributed by atoms with E-state index in [1.165, 1.54) is 0 Å². The number of halogens is 1. The molecule has 0 aliphatic heterocycles. The molecule has 20 heavy (non-hydrogen) atoms. The Labute approximate surface area is 120 Å². The first-order valence-electron chi connectivity index (χ1n) is 6.07. The van der Waals surface area contributed by atoms with E-state index in [0.717, 1.165) is 10.1 Å². The average Bonchev–Trinajstić information content (AvgIpc) is 2.44. The molecule has 0 saturated carbocycles. The summed E-state index contributed by atoms with van der Waals surface area (Å²) in [6.45, 7) is 1.94. The molecule has 0 aliphatic rings. The van der Waals surface area contributed by atoms with E-state index in [1.807, 2.05) is 6.07 Å². The third-order valence-electron chi connectivity index (χ3n) is 3.01. The number of rotatable bonds is 3. The zero-order chi connectivity index (χ0) is 14.7. The molecular weight excluding hydrogens is 278 g/mol. The van der Waals surface area contributed by atoms with Crippen LogP contribution in [0.2, 0.25) is 5.15 Å². The molecule has 5 nitrogen and oxygen atoms in total. The maximum absolute atomic E-state index is 12.2. The quantitative estimate of drug-likeness (QED) is 0.873. The summed E-state index contributed by atoms with van der Waals surface area (Å²) in [6.07, 6.45) is 0.446. The van der Waals surface area contributed by atoms with Gasteiger partial charge in [0.2, 0.25) is 0 Å². The monoisotopic (exact) mass is 289 g/mol. The Balaban J connectivity index is 2.46. The largest absolute Gasteiger partial charge is 0.329 e. The zero-order valence-electron chi connectivity index (χ0n) is 10.8. The minimum absolute atomic E-state index is 0.0959. The van der Waals surface area contributed by atoms with Gasteiger partial charge in [0, 0.05) is 0 Å². The van der Waals surface area contributed by atoms with Gasteiger partial charge in [-0.1, -0.05) is 30.7 Å². The maximum Gasteiger partial charge on any atom is 0.329 e. The van der Waals surface area contributed by atoms with Gasteiger partial charge in [-0.25, -0.2) is 4.79 Å². The topological polar surface area (TPSA) is 78.7 Å². The van der Waals surface area contributed by atoms with Gasteiger partial charge < -0.3 is 0 Å². The SMILES string of the molecule is CCc1c(Cl)[nH]c(=O)n(Cc2ccc(C#N)cc2)c1=O. The molecule has 0 saturated heterocycles. The van der Waals surface area contributed by atoms with E-state index in [2.05, 4.69) is 4.98 Å². The van der Waals surface area contributed by atoms with E-state index in [-0.39, 0.29) is 17.3 Å². The van der Waals surface area contributed by atoms with Gasteiger partial charge in [-0.15, -0.1) is 0 Å². The molecule has 6 heteroatoms. The molecule has 1 aromatic carbocycles. The fraction of sp³-hybridized carbons (Fsp3) is 0.214. The molecule has 0 aliphatic carbocycles. The first-order valence-corrected chi connectivity index (χ1v) is 6.45. The number of aromatic amines is 1. The second-order valence-electron chi connectivity index (χ2n) is 4.28. The fourth-order valence-corrected chi connectivity index (χ4v) is 2.20.